The highest BCUT2D eigenvalue weighted by atomic mass is 19.3. The van der Waals surface area contributed by atoms with Gasteiger partial charge in [-0.1, -0.05) is 48.5 Å². The summed E-state index contributed by atoms with van der Waals surface area (Å²) in [7, 11) is 1.39. The lowest BCUT2D eigenvalue weighted by Gasteiger charge is -2.27. The molecule has 2 aromatic rings. The van der Waals surface area contributed by atoms with Crippen molar-refractivity contribution in [1.82, 2.24) is 10.2 Å². The number of alkyl halides is 2. The van der Waals surface area contributed by atoms with E-state index >= 15 is 0 Å². The Hall–Kier alpha value is -3.53. The Morgan fingerprint density at radius 3 is 2.29 bits per heavy atom. The molecule has 0 spiro atoms. The summed E-state index contributed by atoms with van der Waals surface area (Å²) in [6.45, 7) is -0.981. The minimum Gasteiger partial charge on any atom is -0.480 e. The summed E-state index contributed by atoms with van der Waals surface area (Å²) in [5.74, 6) is -5.97. The number of ether oxygens (including phenoxy) is 2. The van der Waals surface area contributed by atoms with Gasteiger partial charge in [0.15, 0.2) is 0 Å². The van der Waals surface area contributed by atoms with Crippen molar-refractivity contribution in [3.05, 3.63) is 59.7 Å². The summed E-state index contributed by atoms with van der Waals surface area (Å²) in [6, 6.07) is 12.7. The number of aliphatic carboxylic acids is 1. The Labute approximate surface area is 200 Å². The molecular formula is C25H26F2N2O6. The van der Waals surface area contributed by atoms with Crippen LogP contribution in [-0.2, 0) is 19.1 Å². The summed E-state index contributed by atoms with van der Waals surface area (Å²) >= 11 is 0. The number of benzene rings is 2. The summed E-state index contributed by atoms with van der Waals surface area (Å²) in [4.78, 5) is 37.7. The maximum Gasteiger partial charge on any atom is 0.407 e. The maximum atomic E-state index is 13.9. The standard InChI is InChI=1S/C25H26F2N2O6/c1-34-11-10-20(22(30)29-14-25(26,27)12-21(29)23(31)32)28-24(33)35-13-19-17-8-4-2-6-15(17)16-7-3-5-9-18(16)19/h2-9,19-21H,10-14H2,1H3,(H,28,33)(H,31,32)/t20?,21-/m0/s1. The first-order valence-electron chi connectivity index (χ1n) is 11.2. The fourth-order valence-electron chi connectivity index (χ4n) is 4.74. The van der Waals surface area contributed by atoms with Gasteiger partial charge < -0.3 is 24.8 Å². The largest absolute Gasteiger partial charge is 0.480 e. The molecule has 0 bridgehead atoms. The summed E-state index contributed by atoms with van der Waals surface area (Å²) in [5, 5.41) is 11.7. The van der Waals surface area contributed by atoms with Crippen LogP contribution in [0.4, 0.5) is 13.6 Å². The monoisotopic (exact) mass is 488 g/mol. The number of carboxylic acid groups (broad SMARTS) is 1. The van der Waals surface area contributed by atoms with Gasteiger partial charge in [0.05, 0.1) is 6.54 Å². The molecule has 1 saturated heterocycles. The second-order valence-corrected chi connectivity index (χ2v) is 8.68. The van der Waals surface area contributed by atoms with Gasteiger partial charge in [-0.25, -0.2) is 18.4 Å². The number of nitrogens with zero attached hydrogens (tertiary/aromatic N) is 1. The van der Waals surface area contributed by atoms with Crippen molar-refractivity contribution in [2.45, 2.75) is 36.8 Å². The number of carbonyl (C=O) groups excluding carboxylic acids is 2. The van der Waals surface area contributed by atoms with Gasteiger partial charge in [-0.05, 0) is 22.3 Å². The van der Waals surface area contributed by atoms with Gasteiger partial charge >= 0.3 is 12.1 Å². The molecule has 0 radical (unpaired) electrons. The second-order valence-electron chi connectivity index (χ2n) is 8.68. The van der Waals surface area contributed by atoms with Crippen LogP contribution in [0.2, 0.25) is 0 Å². The molecule has 186 valence electrons. The number of halogens is 2. The zero-order valence-corrected chi connectivity index (χ0v) is 19.1. The second kappa shape index (κ2) is 9.99. The quantitative estimate of drug-likeness (QED) is 0.591. The molecule has 0 saturated carbocycles. The van der Waals surface area contributed by atoms with Crippen molar-refractivity contribution in [2.24, 2.45) is 0 Å². The first kappa shape index (κ1) is 24.6. The predicted molar refractivity (Wildman–Crippen MR) is 121 cm³/mol. The molecule has 1 aliphatic heterocycles. The number of carboxylic acids is 1. The molecule has 1 fully saturated rings. The molecule has 4 rings (SSSR count). The van der Waals surface area contributed by atoms with Gasteiger partial charge in [-0.15, -0.1) is 0 Å². The Balaban J connectivity index is 1.45. The molecule has 1 heterocycles. The third-order valence-electron chi connectivity index (χ3n) is 6.38. The lowest BCUT2D eigenvalue weighted by Crippen LogP contribution is -2.52. The van der Waals surface area contributed by atoms with Crippen molar-refractivity contribution in [3.8, 4) is 11.1 Å². The number of fused-ring (bicyclic) bond motifs is 3. The highest BCUT2D eigenvalue weighted by Crippen LogP contribution is 2.44. The van der Waals surface area contributed by atoms with Crippen LogP contribution in [0.25, 0.3) is 11.1 Å². The summed E-state index contributed by atoms with van der Waals surface area (Å²) in [5.41, 5.74) is 4.13. The number of hydrogen-bond acceptors (Lipinski definition) is 5. The maximum absolute atomic E-state index is 13.9. The van der Waals surface area contributed by atoms with E-state index < -0.39 is 48.9 Å². The van der Waals surface area contributed by atoms with E-state index in [1.165, 1.54) is 7.11 Å². The van der Waals surface area contributed by atoms with E-state index in [0.717, 1.165) is 22.3 Å². The molecule has 2 aliphatic rings. The molecular weight excluding hydrogens is 462 g/mol. The molecule has 2 atom stereocenters. The Morgan fingerprint density at radius 2 is 1.71 bits per heavy atom. The van der Waals surface area contributed by atoms with E-state index in [9.17, 15) is 28.3 Å². The van der Waals surface area contributed by atoms with E-state index in [2.05, 4.69) is 5.32 Å². The van der Waals surface area contributed by atoms with Crippen LogP contribution < -0.4 is 5.32 Å². The topological polar surface area (TPSA) is 105 Å². The van der Waals surface area contributed by atoms with E-state index in [-0.39, 0.29) is 25.6 Å². The molecule has 2 aromatic carbocycles. The molecule has 2 N–H and O–H groups in total. The Morgan fingerprint density at radius 1 is 1.11 bits per heavy atom. The number of carbonyl (C=O) groups is 3. The zero-order valence-electron chi connectivity index (χ0n) is 19.1. The highest BCUT2D eigenvalue weighted by molar-refractivity contribution is 5.90. The molecule has 2 amide bonds. The van der Waals surface area contributed by atoms with Crippen molar-refractivity contribution < 1.29 is 37.7 Å². The number of rotatable bonds is 8. The molecule has 1 unspecified atom stereocenters. The number of methoxy groups -OCH3 is 1. The third-order valence-corrected chi connectivity index (χ3v) is 6.38. The average molecular weight is 488 g/mol. The number of hydrogen-bond donors (Lipinski definition) is 2. The molecule has 35 heavy (non-hydrogen) atoms. The summed E-state index contributed by atoms with van der Waals surface area (Å²) in [6.07, 6.45) is -1.91. The first-order valence-corrected chi connectivity index (χ1v) is 11.2. The van der Waals surface area contributed by atoms with Crippen molar-refractivity contribution >= 4 is 18.0 Å². The van der Waals surface area contributed by atoms with E-state index in [1.807, 2.05) is 48.5 Å². The predicted octanol–water partition coefficient (Wildman–Crippen LogP) is 3.25. The highest BCUT2D eigenvalue weighted by Gasteiger charge is 2.51. The fraction of sp³-hybridized carbons (Fsp3) is 0.400. The van der Waals surface area contributed by atoms with Gasteiger partial charge in [0, 0.05) is 32.5 Å². The number of amides is 2. The van der Waals surface area contributed by atoms with Crippen molar-refractivity contribution in [3.63, 3.8) is 0 Å². The number of likely N-dealkylation sites (tertiary alicyclic amines) is 1. The zero-order chi connectivity index (χ0) is 25.2. The fourth-order valence-corrected chi connectivity index (χ4v) is 4.74. The van der Waals surface area contributed by atoms with Crippen LogP contribution in [-0.4, -0.2) is 72.9 Å². The van der Waals surface area contributed by atoms with Crippen molar-refractivity contribution in [2.75, 3.05) is 26.9 Å². The lowest BCUT2D eigenvalue weighted by atomic mass is 9.98. The Bertz CT molecular complexity index is 1080. The lowest BCUT2D eigenvalue weighted by molar-refractivity contribution is -0.149. The summed E-state index contributed by atoms with van der Waals surface area (Å²) < 4.78 is 38.2. The van der Waals surface area contributed by atoms with E-state index in [1.54, 1.807) is 0 Å². The minimum atomic E-state index is -3.33. The molecule has 0 aromatic heterocycles. The SMILES string of the molecule is COCCC(NC(=O)OCC1c2ccccc2-c2ccccc21)C(=O)N1CC(F)(F)C[C@H]1C(=O)O. The molecule has 8 nitrogen and oxygen atoms in total. The van der Waals surface area contributed by atoms with Crippen LogP contribution in [0.15, 0.2) is 48.5 Å². The normalized spacial score (nSPS) is 19.1. The van der Waals surface area contributed by atoms with E-state index in [4.69, 9.17) is 9.47 Å². The smallest absolute Gasteiger partial charge is 0.407 e. The van der Waals surface area contributed by atoms with Crippen LogP contribution >= 0.6 is 0 Å². The molecule has 10 heteroatoms. The number of alkyl carbamates (subject to hydrolysis) is 1. The van der Waals surface area contributed by atoms with Gasteiger partial charge in [0.1, 0.15) is 18.7 Å². The third kappa shape index (κ3) is 5.12. The number of nitrogens with one attached hydrogen (secondary N) is 1. The Kier molecular flexibility index (Phi) is 7.02. The van der Waals surface area contributed by atoms with Crippen LogP contribution in [0, 0.1) is 0 Å². The van der Waals surface area contributed by atoms with Gasteiger partial charge in [0.25, 0.3) is 5.92 Å². The van der Waals surface area contributed by atoms with Crippen LogP contribution in [0.3, 0.4) is 0 Å². The first-order chi connectivity index (χ1) is 16.7. The minimum absolute atomic E-state index is 0.00455. The van der Waals surface area contributed by atoms with Gasteiger partial charge in [-0.3, -0.25) is 4.79 Å². The van der Waals surface area contributed by atoms with E-state index in [0.29, 0.717) is 4.90 Å². The van der Waals surface area contributed by atoms with Gasteiger partial charge in [0.2, 0.25) is 5.91 Å². The van der Waals surface area contributed by atoms with Crippen molar-refractivity contribution in [1.29, 1.82) is 0 Å². The average Bonchev–Trinajstić information content (AvgIpc) is 3.34. The van der Waals surface area contributed by atoms with Crippen LogP contribution in [0.5, 0.6) is 0 Å². The molecule has 1 aliphatic carbocycles. The van der Waals surface area contributed by atoms with Crippen LogP contribution in [0.1, 0.15) is 29.9 Å². The van der Waals surface area contributed by atoms with Gasteiger partial charge in [-0.2, -0.15) is 0 Å².